The van der Waals surface area contributed by atoms with Gasteiger partial charge in [0.15, 0.2) is 0 Å². The van der Waals surface area contributed by atoms with Crippen molar-refractivity contribution in [3.05, 3.63) is 52.3 Å². The van der Waals surface area contributed by atoms with Gasteiger partial charge >= 0.3 is 0 Å². The van der Waals surface area contributed by atoms with E-state index in [4.69, 9.17) is 16.1 Å². The molecule has 1 aromatic carbocycles. The van der Waals surface area contributed by atoms with Crippen molar-refractivity contribution in [1.82, 2.24) is 15.0 Å². The number of halogens is 1. The lowest BCUT2D eigenvalue weighted by molar-refractivity contribution is 0.0748. The van der Waals surface area contributed by atoms with E-state index >= 15 is 0 Å². The Hall–Kier alpha value is -2.60. The predicted octanol–water partition coefficient (Wildman–Crippen LogP) is 3.46. The summed E-state index contributed by atoms with van der Waals surface area (Å²) in [4.78, 5) is 21.5. The molecule has 1 fully saturated rings. The summed E-state index contributed by atoms with van der Waals surface area (Å²) in [5.74, 6) is -0.00227. The van der Waals surface area contributed by atoms with Crippen LogP contribution in [0.3, 0.4) is 0 Å². The molecule has 0 spiro atoms. The Bertz CT molecular complexity index is 977. The third-order valence-corrected chi connectivity index (χ3v) is 4.95. The molecule has 134 valence electrons. The zero-order valence-corrected chi connectivity index (χ0v) is 15.5. The molecule has 2 aromatic heterocycles. The lowest BCUT2D eigenvalue weighted by Crippen LogP contribution is -2.48. The van der Waals surface area contributed by atoms with E-state index < -0.39 is 0 Å². The highest BCUT2D eigenvalue weighted by Crippen LogP contribution is 2.25. The molecule has 1 saturated heterocycles. The van der Waals surface area contributed by atoms with Crippen molar-refractivity contribution >= 4 is 34.3 Å². The molecular weight excluding hydrogens is 352 g/mol. The van der Waals surface area contributed by atoms with Gasteiger partial charge in [-0.2, -0.15) is 0 Å². The second kappa shape index (κ2) is 6.61. The number of carbonyl (C=O) groups excluding carboxylic acids is 1. The SMILES string of the molecule is Cc1cc(C(=O)N2CCN(c3cccc(Cl)c3)CC2)c2c(C)noc2n1. The number of benzene rings is 1. The van der Waals surface area contributed by atoms with Crippen LogP contribution < -0.4 is 4.90 Å². The smallest absolute Gasteiger partial charge is 0.258 e. The van der Waals surface area contributed by atoms with Gasteiger partial charge in [0.25, 0.3) is 11.6 Å². The fourth-order valence-electron chi connectivity index (χ4n) is 3.40. The number of carbonyl (C=O) groups is 1. The number of anilines is 1. The van der Waals surface area contributed by atoms with Gasteiger partial charge in [-0.15, -0.1) is 0 Å². The number of fused-ring (bicyclic) bond motifs is 1. The van der Waals surface area contributed by atoms with Gasteiger partial charge in [0, 0.05) is 42.6 Å². The van der Waals surface area contributed by atoms with Crippen molar-refractivity contribution in [2.24, 2.45) is 0 Å². The van der Waals surface area contributed by atoms with Crippen molar-refractivity contribution in [3.63, 3.8) is 0 Å². The van der Waals surface area contributed by atoms with E-state index in [0.29, 0.717) is 35.4 Å². The maximum atomic E-state index is 13.1. The number of hydrogen-bond acceptors (Lipinski definition) is 5. The number of amides is 1. The first kappa shape index (κ1) is 16.8. The van der Waals surface area contributed by atoms with Crippen molar-refractivity contribution in [3.8, 4) is 0 Å². The van der Waals surface area contributed by atoms with Crippen LogP contribution in [0, 0.1) is 13.8 Å². The molecule has 0 atom stereocenters. The highest BCUT2D eigenvalue weighted by molar-refractivity contribution is 6.30. The van der Waals surface area contributed by atoms with Crippen LogP contribution in [0.4, 0.5) is 5.69 Å². The highest BCUT2D eigenvalue weighted by atomic mass is 35.5. The van der Waals surface area contributed by atoms with E-state index in [0.717, 1.165) is 29.5 Å². The van der Waals surface area contributed by atoms with Gasteiger partial charge < -0.3 is 14.3 Å². The van der Waals surface area contributed by atoms with Gasteiger partial charge in [-0.1, -0.05) is 22.8 Å². The molecule has 1 aliphatic rings. The number of pyridine rings is 1. The van der Waals surface area contributed by atoms with Crippen molar-refractivity contribution < 1.29 is 9.32 Å². The van der Waals surface area contributed by atoms with Gasteiger partial charge in [0.1, 0.15) is 0 Å². The third kappa shape index (κ3) is 3.01. The average molecular weight is 371 g/mol. The standard InChI is InChI=1S/C19H19ClN4O2/c1-12-10-16(17-13(2)22-26-18(17)21-12)19(25)24-8-6-23(7-9-24)15-5-3-4-14(20)11-15/h3-5,10-11H,6-9H2,1-2H3. The maximum absolute atomic E-state index is 13.1. The first-order chi connectivity index (χ1) is 12.5. The lowest BCUT2D eigenvalue weighted by atomic mass is 10.1. The molecule has 0 radical (unpaired) electrons. The zero-order valence-electron chi connectivity index (χ0n) is 14.7. The molecule has 26 heavy (non-hydrogen) atoms. The lowest BCUT2D eigenvalue weighted by Gasteiger charge is -2.36. The third-order valence-electron chi connectivity index (χ3n) is 4.72. The largest absolute Gasteiger partial charge is 0.368 e. The number of rotatable bonds is 2. The van der Waals surface area contributed by atoms with Crippen LogP contribution >= 0.6 is 11.6 Å². The van der Waals surface area contributed by atoms with Gasteiger partial charge in [-0.05, 0) is 38.1 Å². The maximum Gasteiger partial charge on any atom is 0.258 e. The van der Waals surface area contributed by atoms with Gasteiger partial charge in [-0.25, -0.2) is 4.98 Å². The molecule has 7 heteroatoms. The van der Waals surface area contributed by atoms with Crippen LogP contribution in [0.5, 0.6) is 0 Å². The molecule has 1 amide bonds. The molecule has 3 heterocycles. The first-order valence-corrected chi connectivity index (χ1v) is 8.94. The molecule has 0 aliphatic carbocycles. The minimum Gasteiger partial charge on any atom is -0.368 e. The summed E-state index contributed by atoms with van der Waals surface area (Å²) in [6.07, 6.45) is 0. The average Bonchev–Trinajstić information content (AvgIpc) is 3.01. The minimum absolute atomic E-state index is 0.00227. The normalized spacial score (nSPS) is 14.9. The summed E-state index contributed by atoms with van der Waals surface area (Å²) in [7, 11) is 0. The predicted molar refractivity (Wildman–Crippen MR) is 101 cm³/mol. The van der Waals surface area contributed by atoms with Crippen LogP contribution in [0.1, 0.15) is 21.7 Å². The molecule has 4 rings (SSSR count). The summed E-state index contributed by atoms with van der Waals surface area (Å²) in [5, 5.41) is 5.38. The van der Waals surface area contributed by atoms with Crippen molar-refractivity contribution in [2.75, 3.05) is 31.1 Å². The van der Waals surface area contributed by atoms with Crippen molar-refractivity contribution in [1.29, 1.82) is 0 Å². The van der Waals surface area contributed by atoms with Crippen LogP contribution in [0.15, 0.2) is 34.9 Å². The van der Waals surface area contributed by atoms with Crippen LogP contribution in [0.2, 0.25) is 5.02 Å². The Morgan fingerprint density at radius 1 is 1.15 bits per heavy atom. The van der Waals surface area contributed by atoms with Crippen LogP contribution in [-0.2, 0) is 0 Å². The van der Waals surface area contributed by atoms with Gasteiger partial charge in [0.05, 0.1) is 16.6 Å². The van der Waals surface area contributed by atoms with Crippen LogP contribution in [-0.4, -0.2) is 47.1 Å². The summed E-state index contributed by atoms with van der Waals surface area (Å²) < 4.78 is 5.24. The van der Waals surface area contributed by atoms with E-state index in [1.807, 2.05) is 49.1 Å². The first-order valence-electron chi connectivity index (χ1n) is 8.56. The van der Waals surface area contributed by atoms with E-state index in [9.17, 15) is 4.79 Å². The summed E-state index contributed by atoms with van der Waals surface area (Å²) in [6, 6.07) is 9.62. The fraction of sp³-hybridized carbons (Fsp3) is 0.316. The quantitative estimate of drug-likeness (QED) is 0.691. The number of piperazine rings is 1. The van der Waals surface area contributed by atoms with E-state index in [2.05, 4.69) is 15.0 Å². The topological polar surface area (TPSA) is 62.5 Å². The summed E-state index contributed by atoms with van der Waals surface area (Å²) in [5.41, 5.74) is 3.55. The molecule has 3 aromatic rings. The van der Waals surface area contributed by atoms with E-state index in [1.54, 1.807) is 0 Å². The molecule has 6 nitrogen and oxygen atoms in total. The second-order valence-electron chi connectivity index (χ2n) is 6.52. The van der Waals surface area contributed by atoms with Crippen molar-refractivity contribution in [2.45, 2.75) is 13.8 Å². The summed E-state index contributed by atoms with van der Waals surface area (Å²) in [6.45, 7) is 6.52. The van der Waals surface area contributed by atoms with Gasteiger partial charge in [-0.3, -0.25) is 4.79 Å². The molecule has 0 N–H and O–H groups in total. The number of nitrogens with zero attached hydrogens (tertiary/aromatic N) is 4. The number of aryl methyl sites for hydroxylation is 2. The zero-order chi connectivity index (χ0) is 18.3. The minimum atomic E-state index is -0.00227. The van der Waals surface area contributed by atoms with Crippen LogP contribution in [0.25, 0.3) is 11.1 Å². The Kier molecular flexibility index (Phi) is 4.28. The van der Waals surface area contributed by atoms with E-state index in [-0.39, 0.29) is 5.91 Å². The number of hydrogen-bond donors (Lipinski definition) is 0. The molecule has 0 saturated carbocycles. The monoisotopic (exact) mass is 370 g/mol. The molecule has 0 bridgehead atoms. The molecule has 0 unspecified atom stereocenters. The van der Waals surface area contributed by atoms with E-state index in [1.165, 1.54) is 0 Å². The number of aromatic nitrogens is 2. The Morgan fingerprint density at radius 3 is 2.65 bits per heavy atom. The highest BCUT2D eigenvalue weighted by Gasteiger charge is 2.26. The Balaban J connectivity index is 1.55. The Labute approximate surface area is 156 Å². The second-order valence-corrected chi connectivity index (χ2v) is 6.95. The Morgan fingerprint density at radius 2 is 1.92 bits per heavy atom. The summed E-state index contributed by atoms with van der Waals surface area (Å²) >= 11 is 6.09. The molecular formula is C19H19ClN4O2. The van der Waals surface area contributed by atoms with Gasteiger partial charge in [0.2, 0.25) is 0 Å². The molecule has 1 aliphatic heterocycles. The fourth-order valence-corrected chi connectivity index (χ4v) is 3.58.